The van der Waals surface area contributed by atoms with E-state index in [1.54, 1.807) is 0 Å². The van der Waals surface area contributed by atoms with Crippen molar-refractivity contribution in [1.82, 2.24) is 5.32 Å². The van der Waals surface area contributed by atoms with Gasteiger partial charge >= 0.3 is 0 Å². The molecule has 2 fully saturated rings. The van der Waals surface area contributed by atoms with Crippen LogP contribution in [0.25, 0.3) is 0 Å². The summed E-state index contributed by atoms with van der Waals surface area (Å²) in [5.74, 6) is 2.07. The Morgan fingerprint density at radius 3 is 2.29 bits per heavy atom. The summed E-state index contributed by atoms with van der Waals surface area (Å²) in [4.78, 5) is 0. The van der Waals surface area contributed by atoms with Crippen LogP contribution in [0.3, 0.4) is 0 Å². The molecule has 0 aliphatic heterocycles. The van der Waals surface area contributed by atoms with E-state index in [0.29, 0.717) is 0 Å². The molecule has 0 aromatic rings. The topological polar surface area (TPSA) is 12.0 Å². The molecule has 2 aliphatic carbocycles. The van der Waals surface area contributed by atoms with Gasteiger partial charge in [0.05, 0.1) is 0 Å². The largest absolute Gasteiger partial charge is 0.317 e. The summed E-state index contributed by atoms with van der Waals surface area (Å²) >= 11 is 0. The maximum atomic E-state index is 3.53. The van der Waals surface area contributed by atoms with E-state index < -0.39 is 0 Å². The third-order valence-electron chi connectivity index (χ3n) is 4.39. The van der Waals surface area contributed by atoms with Gasteiger partial charge < -0.3 is 5.32 Å². The first-order valence-corrected chi connectivity index (χ1v) is 6.57. The molecule has 14 heavy (non-hydrogen) atoms. The summed E-state index contributed by atoms with van der Waals surface area (Å²) in [5, 5.41) is 3.53. The number of hydrogen-bond acceptors (Lipinski definition) is 1. The summed E-state index contributed by atoms with van der Waals surface area (Å²) in [5.41, 5.74) is 0. The third-order valence-corrected chi connectivity index (χ3v) is 4.39. The van der Waals surface area contributed by atoms with Crippen LogP contribution in [-0.4, -0.2) is 13.1 Å². The second kappa shape index (κ2) is 5.16. The molecule has 1 nitrogen and oxygen atoms in total. The molecule has 82 valence electrons. The molecule has 2 saturated carbocycles. The molecule has 2 unspecified atom stereocenters. The van der Waals surface area contributed by atoms with Crippen LogP contribution in [0.2, 0.25) is 0 Å². The average molecular weight is 195 g/mol. The van der Waals surface area contributed by atoms with Gasteiger partial charge in [0, 0.05) is 6.04 Å². The second-order valence-corrected chi connectivity index (χ2v) is 5.33. The first-order chi connectivity index (χ1) is 6.90. The number of hydrogen-bond donors (Lipinski definition) is 1. The summed E-state index contributed by atoms with van der Waals surface area (Å²) in [6, 6.07) is 0.837. The van der Waals surface area contributed by atoms with Crippen molar-refractivity contribution in [2.75, 3.05) is 7.05 Å². The molecule has 0 heterocycles. The summed E-state index contributed by atoms with van der Waals surface area (Å²) in [7, 11) is 2.15. The molecule has 0 radical (unpaired) electrons. The lowest BCUT2D eigenvalue weighted by Crippen LogP contribution is -2.36. The van der Waals surface area contributed by atoms with Crippen molar-refractivity contribution in [3.05, 3.63) is 0 Å². The lowest BCUT2D eigenvalue weighted by molar-refractivity contribution is 0.228. The zero-order chi connectivity index (χ0) is 9.80. The second-order valence-electron chi connectivity index (χ2n) is 5.33. The van der Waals surface area contributed by atoms with Crippen LogP contribution >= 0.6 is 0 Å². The fraction of sp³-hybridized carbons (Fsp3) is 1.00. The molecular weight excluding hydrogens is 170 g/mol. The predicted molar refractivity (Wildman–Crippen MR) is 61.4 cm³/mol. The first kappa shape index (κ1) is 10.5. The van der Waals surface area contributed by atoms with Crippen molar-refractivity contribution in [2.45, 2.75) is 63.8 Å². The third kappa shape index (κ3) is 2.50. The van der Waals surface area contributed by atoms with Crippen molar-refractivity contribution >= 4 is 0 Å². The minimum Gasteiger partial charge on any atom is -0.317 e. The van der Waals surface area contributed by atoms with Crippen molar-refractivity contribution < 1.29 is 0 Å². The number of rotatable bonds is 3. The van der Waals surface area contributed by atoms with E-state index in [0.717, 1.165) is 17.9 Å². The molecule has 1 N–H and O–H groups in total. The Morgan fingerprint density at radius 2 is 1.57 bits per heavy atom. The summed E-state index contributed by atoms with van der Waals surface area (Å²) in [6.45, 7) is 0. The molecule has 0 amide bonds. The fourth-order valence-electron chi connectivity index (χ4n) is 3.54. The maximum absolute atomic E-state index is 3.53. The Bertz CT molecular complexity index is 161. The highest BCUT2D eigenvalue weighted by atomic mass is 14.9. The zero-order valence-corrected chi connectivity index (χ0v) is 9.60. The molecule has 0 bridgehead atoms. The normalized spacial score (nSPS) is 34.9. The van der Waals surface area contributed by atoms with Gasteiger partial charge in [-0.3, -0.25) is 0 Å². The standard InChI is InChI=1S/C13H25N/c1-14-13-9-5-4-8-12(13)10-11-6-2-3-7-11/h11-14H,2-10H2,1H3. The molecule has 2 rings (SSSR count). The highest BCUT2D eigenvalue weighted by Crippen LogP contribution is 2.35. The minimum absolute atomic E-state index is 0.837. The van der Waals surface area contributed by atoms with Crippen LogP contribution in [0, 0.1) is 11.8 Å². The van der Waals surface area contributed by atoms with Gasteiger partial charge in [-0.05, 0) is 38.1 Å². The quantitative estimate of drug-likeness (QED) is 0.728. The first-order valence-electron chi connectivity index (χ1n) is 6.57. The summed E-state index contributed by atoms with van der Waals surface area (Å²) in [6.07, 6.45) is 13.4. The molecule has 2 aliphatic rings. The molecule has 0 aromatic heterocycles. The summed E-state index contributed by atoms with van der Waals surface area (Å²) < 4.78 is 0. The van der Waals surface area contributed by atoms with Gasteiger partial charge in [-0.2, -0.15) is 0 Å². The Balaban J connectivity index is 1.81. The fourth-order valence-corrected chi connectivity index (χ4v) is 3.54. The van der Waals surface area contributed by atoms with Crippen LogP contribution in [0.5, 0.6) is 0 Å². The van der Waals surface area contributed by atoms with Gasteiger partial charge in [0.15, 0.2) is 0 Å². The van der Waals surface area contributed by atoms with Gasteiger partial charge in [-0.15, -0.1) is 0 Å². The van der Waals surface area contributed by atoms with Crippen molar-refractivity contribution in [3.8, 4) is 0 Å². The smallest absolute Gasteiger partial charge is 0.00924 e. The van der Waals surface area contributed by atoms with Crippen LogP contribution in [0.15, 0.2) is 0 Å². The molecule has 0 spiro atoms. The van der Waals surface area contributed by atoms with Crippen LogP contribution in [0.1, 0.15) is 57.8 Å². The van der Waals surface area contributed by atoms with E-state index in [9.17, 15) is 0 Å². The Morgan fingerprint density at radius 1 is 0.929 bits per heavy atom. The van der Waals surface area contributed by atoms with E-state index in [1.807, 2.05) is 0 Å². The Labute approximate surface area is 88.7 Å². The molecular formula is C13H25N. The lowest BCUT2D eigenvalue weighted by Gasteiger charge is -2.33. The van der Waals surface area contributed by atoms with Crippen molar-refractivity contribution in [2.24, 2.45) is 11.8 Å². The Kier molecular flexibility index (Phi) is 3.86. The van der Waals surface area contributed by atoms with Gasteiger partial charge in [0.2, 0.25) is 0 Å². The van der Waals surface area contributed by atoms with Crippen LogP contribution < -0.4 is 5.32 Å². The van der Waals surface area contributed by atoms with E-state index >= 15 is 0 Å². The monoisotopic (exact) mass is 195 g/mol. The predicted octanol–water partition coefficient (Wildman–Crippen LogP) is 3.34. The van der Waals surface area contributed by atoms with Crippen molar-refractivity contribution in [1.29, 1.82) is 0 Å². The minimum atomic E-state index is 0.837. The van der Waals surface area contributed by atoms with Gasteiger partial charge in [0.25, 0.3) is 0 Å². The lowest BCUT2D eigenvalue weighted by atomic mass is 9.79. The SMILES string of the molecule is CNC1CCCCC1CC1CCCC1. The highest BCUT2D eigenvalue weighted by molar-refractivity contribution is 4.82. The zero-order valence-electron chi connectivity index (χ0n) is 9.60. The van der Waals surface area contributed by atoms with E-state index in [1.165, 1.54) is 57.8 Å². The van der Waals surface area contributed by atoms with E-state index in [-0.39, 0.29) is 0 Å². The number of nitrogens with one attached hydrogen (secondary N) is 1. The van der Waals surface area contributed by atoms with Gasteiger partial charge in [-0.25, -0.2) is 0 Å². The average Bonchev–Trinajstić information content (AvgIpc) is 2.71. The molecule has 2 atom stereocenters. The van der Waals surface area contributed by atoms with Gasteiger partial charge in [-0.1, -0.05) is 38.5 Å². The molecule has 1 heteroatoms. The van der Waals surface area contributed by atoms with Crippen molar-refractivity contribution in [3.63, 3.8) is 0 Å². The van der Waals surface area contributed by atoms with E-state index in [2.05, 4.69) is 12.4 Å². The molecule has 0 saturated heterocycles. The van der Waals surface area contributed by atoms with Crippen LogP contribution in [-0.2, 0) is 0 Å². The van der Waals surface area contributed by atoms with Gasteiger partial charge in [0.1, 0.15) is 0 Å². The highest BCUT2D eigenvalue weighted by Gasteiger charge is 2.27. The Hall–Kier alpha value is -0.0400. The van der Waals surface area contributed by atoms with E-state index in [4.69, 9.17) is 0 Å². The van der Waals surface area contributed by atoms with Crippen LogP contribution in [0.4, 0.5) is 0 Å². The maximum Gasteiger partial charge on any atom is 0.00924 e. The molecule has 0 aromatic carbocycles.